The Hall–Kier alpha value is -0.820. The van der Waals surface area contributed by atoms with E-state index in [9.17, 15) is 8.42 Å². The molecule has 3 N–H and O–H groups in total. The van der Waals surface area contributed by atoms with Crippen molar-refractivity contribution < 1.29 is 8.42 Å². The van der Waals surface area contributed by atoms with Crippen LogP contribution < -0.4 is 11.1 Å². The molecule has 1 saturated carbocycles. The number of hydrogen-bond acceptors (Lipinski definition) is 6. The van der Waals surface area contributed by atoms with Gasteiger partial charge in [0, 0.05) is 6.54 Å². The molecule has 1 aromatic rings. The lowest BCUT2D eigenvalue weighted by atomic mass is 9.90. The average molecular weight is 303 g/mol. The first kappa shape index (κ1) is 14.6. The number of anilines is 2. The van der Waals surface area contributed by atoms with E-state index in [1.165, 1.54) is 0 Å². The Bertz CT molecular complexity index is 560. The highest BCUT2D eigenvalue weighted by molar-refractivity contribution is 7.92. The average Bonchev–Trinajstić information content (AvgIpc) is 3.12. The number of sulfone groups is 1. The summed E-state index contributed by atoms with van der Waals surface area (Å²) in [4.78, 5) is 0.215. The van der Waals surface area contributed by atoms with Crippen LogP contribution in [-0.4, -0.2) is 24.6 Å². The first-order valence-corrected chi connectivity index (χ1v) is 8.83. The lowest BCUT2D eigenvalue weighted by Crippen LogP contribution is -2.22. The molecule has 2 rings (SSSR count). The van der Waals surface area contributed by atoms with Gasteiger partial charge in [-0.25, -0.2) is 8.42 Å². The van der Waals surface area contributed by atoms with Crippen LogP contribution in [0.4, 0.5) is 10.8 Å². The van der Waals surface area contributed by atoms with Crippen LogP contribution in [-0.2, 0) is 9.84 Å². The lowest BCUT2D eigenvalue weighted by Gasteiger charge is -2.23. The smallest absolute Gasteiger partial charge is 0.187 e. The van der Waals surface area contributed by atoms with Gasteiger partial charge in [-0.3, -0.25) is 0 Å². The number of nitrogens with zero attached hydrogens (tertiary/aromatic N) is 1. The molecule has 0 radical (unpaired) electrons. The number of nitrogens with two attached hydrogens (primary N) is 1. The zero-order valence-electron chi connectivity index (χ0n) is 11.6. The van der Waals surface area contributed by atoms with Gasteiger partial charge in [0.1, 0.15) is 9.90 Å². The van der Waals surface area contributed by atoms with Crippen molar-refractivity contribution in [3.05, 3.63) is 0 Å². The third kappa shape index (κ3) is 3.02. The summed E-state index contributed by atoms with van der Waals surface area (Å²) in [6, 6.07) is 0. The van der Waals surface area contributed by atoms with Crippen molar-refractivity contribution in [3.8, 4) is 0 Å². The molecule has 1 aliphatic rings. The Kier molecular flexibility index (Phi) is 3.79. The highest BCUT2D eigenvalue weighted by Crippen LogP contribution is 2.41. The highest BCUT2D eigenvalue weighted by Gasteiger charge is 2.40. The third-order valence-electron chi connectivity index (χ3n) is 3.61. The van der Waals surface area contributed by atoms with Gasteiger partial charge in [-0.05, 0) is 36.2 Å². The zero-order chi connectivity index (χ0) is 14.3. The van der Waals surface area contributed by atoms with Crippen LogP contribution in [0.3, 0.4) is 0 Å². The van der Waals surface area contributed by atoms with E-state index in [4.69, 9.17) is 5.73 Å². The maximum atomic E-state index is 12.3. The van der Waals surface area contributed by atoms with Gasteiger partial charge in [-0.2, -0.15) is 4.37 Å². The van der Waals surface area contributed by atoms with Gasteiger partial charge in [0.05, 0.1) is 5.25 Å². The standard InChI is InChI=1S/C12H21N3O2S2/c1-4-12(2,3)7-14-11-9(10(13)15-18-11)19(16,17)8-5-6-8/h8,14H,4-7H2,1-3H3,(H2,13,15). The molecular formula is C12H21N3O2S2. The Morgan fingerprint density at radius 1 is 1.47 bits per heavy atom. The number of aromatic nitrogens is 1. The van der Waals surface area contributed by atoms with Crippen molar-refractivity contribution in [2.45, 2.75) is 50.2 Å². The molecule has 108 valence electrons. The fraction of sp³-hybridized carbons (Fsp3) is 0.750. The van der Waals surface area contributed by atoms with E-state index in [1.807, 2.05) is 0 Å². The molecule has 1 aromatic heterocycles. The summed E-state index contributed by atoms with van der Waals surface area (Å²) in [5, 5.41) is 3.54. The third-order valence-corrected chi connectivity index (χ3v) is 6.89. The van der Waals surface area contributed by atoms with Gasteiger partial charge in [-0.15, -0.1) is 0 Å². The molecule has 0 spiro atoms. The van der Waals surface area contributed by atoms with E-state index in [-0.39, 0.29) is 21.4 Å². The van der Waals surface area contributed by atoms with E-state index >= 15 is 0 Å². The van der Waals surface area contributed by atoms with Crippen LogP contribution >= 0.6 is 11.5 Å². The first-order valence-electron chi connectivity index (χ1n) is 6.51. The summed E-state index contributed by atoms with van der Waals surface area (Å²) in [6.45, 7) is 7.10. The largest absolute Gasteiger partial charge is 0.382 e. The van der Waals surface area contributed by atoms with E-state index in [0.717, 1.165) is 30.8 Å². The van der Waals surface area contributed by atoms with Crippen LogP contribution in [0.1, 0.15) is 40.0 Å². The second-order valence-electron chi connectivity index (χ2n) is 5.84. The Labute approximate surface area is 118 Å². The molecule has 1 aliphatic carbocycles. The van der Waals surface area contributed by atoms with E-state index < -0.39 is 9.84 Å². The number of nitrogen functional groups attached to an aromatic ring is 1. The van der Waals surface area contributed by atoms with E-state index in [1.54, 1.807) is 0 Å². The molecule has 7 heteroatoms. The monoisotopic (exact) mass is 303 g/mol. The highest BCUT2D eigenvalue weighted by atomic mass is 32.2. The quantitative estimate of drug-likeness (QED) is 0.843. The minimum absolute atomic E-state index is 0.110. The van der Waals surface area contributed by atoms with Crippen molar-refractivity contribution >= 4 is 32.2 Å². The Morgan fingerprint density at radius 2 is 2.11 bits per heavy atom. The molecule has 1 fully saturated rings. The topological polar surface area (TPSA) is 85.1 Å². The van der Waals surface area contributed by atoms with E-state index in [2.05, 4.69) is 30.5 Å². The molecule has 0 amide bonds. The minimum atomic E-state index is -3.30. The van der Waals surface area contributed by atoms with Crippen LogP contribution in [0.25, 0.3) is 0 Å². The van der Waals surface area contributed by atoms with Crippen molar-refractivity contribution in [2.75, 3.05) is 17.6 Å². The maximum Gasteiger partial charge on any atom is 0.187 e. The predicted octanol–water partition coefficient (Wildman–Crippen LogP) is 2.51. The number of nitrogens with one attached hydrogen (secondary N) is 1. The van der Waals surface area contributed by atoms with Crippen LogP contribution in [0, 0.1) is 5.41 Å². The predicted molar refractivity (Wildman–Crippen MR) is 79.3 cm³/mol. The summed E-state index contributed by atoms with van der Waals surface area (Å²) < 4.78 is 28.7. The molecule has 0 saturated heterocycles. The molecule has 0 aliphatic heterocycles. The number of rotatable bonds is 6. The lowest BCUT2D eigenvalue weighted by molar-refractivity contribution is 0.377. The Morgan fingerprint density at radius 3 is 2.63 bits per heavy atom. The first-order chi connectivity index (χ1) is 8.78. The van der Waals surface area contributed by atoms with Crippen molar-refractivity contribution in [2.24, 2.45) is 5.41 Å². The molecule has 5 nitrogen and oxygen atoms in total. The summed E-state index contributed by atoms with van der Waals surface area (Å²) in [5.74, 6) is 0.133. The fourth-order valence-corrected chi connectivity index (χ4v) is 4.55. The summed E-state index contributed by atoms with van der Waals surface area (Å²) in [6.07, 6.45) is 2.48. The minimum Gasteiger partial charge on any atom is -0.382 e. The van der Waals surface area contributed by atoms with Crippen molar-refractivity contribution in [1.82, 2.24) is 4.37 Å². The molecule has 0 unspecified atom stereocenters. The van der Waals surface area contributed by atoms with Crippen molar-refractivity contribution in [3.63, 3.8) is 0 Å². The van der Waals surface area contributed by atoms with Gasteiger partial charge in [-0.1, -0.05) is 20.8 Å². The number of hydrogen-bond donors (Lipinski definition) is 2. The Balaban J connectivity index is 2.23. The molecule has 0 atom stereocenters. The fourth-order valence-electron chi connectivity index (χ4n) is 1.67. The van der Waals surface area contributed by atoms with E-state index in [0.29, 0.717) is 11.5 Å². The molecular weight excluding hydrogens is 282 g/mol. The van der Waals surface area contributed by atoms with Gasteiger partial charge >= 0.3 is 0 Å². The molecule has 1 heterocycles. The van der Waals surface area contributed by atoms with Gasteiger partial charge in [0.25, 0.3) is 0 Å². The molecule has 0 aromatic carbocycles. The van der Waals surface area contributed by atoms with Crippen LogP contribution in [0.2, 0.25) is 0 Å². The van der Waals surface area contributed by atoms with Gasteiger partial charge in [0.15, 0.2) is 15.7 Å². The zero-order valence-corrected chi connectivity index (χ0v) is 13.2. The SMILES string of the molecule is CCC(C)(C)CNc1snc(N)c1S(=O)(=O)C1CC1. The maximum absolute atomic E-state index is 12.3. The molecule has 0 bridgehead atoms. The van der Waals surface area contributed by atoms with Crippen LogP contribution in [0.5, 0.6) is 0 Å². The second-order valence-corrected chi connectivity index (χ2v) is 8.78. The summed E-state index contributed by atoms with van der Waals surface area (Å²) in [5.41, 5.74) is 5.86. The summed E-state index contributed by atoms with van der Waals surface area (Å²) >= 11 is 1.13. The normalized spacial score (nSPS) is 16.6. The summed E-state index contributed by atoms with van der Waals surface area (Å²) in [7, 11) is -3.30. The van der Waals surface area contributed by atoms with Crippen LogP contribution in [0.15, 0.2) is 4.90 Å². The van der Waals surface area contributed by atoms with Gasteiger partial charge in [0.2, 0.25) is 0 Å². The van der Waals surface area contributed by atoms with Gasteiger partial charge < -0.3 is 11.1 Å². The molecule has 19 heavy (non-hydrogen) atoms. The second kappa shape index (κ2) is 4.94. The van der Waals surface area contributed by atoms with Crippen molar-refractivity contribution in [1.29, 1.82) is 0 Å².